The number of nitrogens with zero attached hydrogens (tertiary/aromatic N) is 1. The van der Waals surface area contributed by atoms with E-state index >= 15 is 0 Å². The number of carbonyl (C=O) groups is 1. The summed E-state index contributed by atoms with van der Waals surface area (Å²) in [7, 11) is -3.93. The van der Waals surface area contributed by atoms with Crippen LogP contribution in [0.5, 0.6) is 0 Å². The van der Waals surface area contributed by atoms with Crippen molar-refractivity contribution >= 4 is 33.2 Å². The largest absolute Gasteiger partial charge is 0.293 e. The molecule has 31 heavy (non-hydrogen) atoms. The fraction of sp³-hybridized carbons (Fsp3) is 0.278. The van der Waals surface area contributed by atoms with Crippen molar-refractivity contribution in [1.29, 1.82) is 0 Å². The lowest BCUT2D eigenvalue weighted by atomic mass is 9.99. The van der Waals surface area contributed by atoms with E-state index < -0.39 is 56.6 Å². The van der Waals surface area contributed by atoms with E-state index in [4.69, 9.17) is 11.6 Å². The Hall–Kier alpha value is -2.44. The molecule has 2 aromatic rings. The number of piperidine rings is 1. The summed E-state index contributed by atoms with van der Waals surface area (Å²) in [6.07, 6.45) is 0.560. The van der Waals surface area contributed by atoms with Gasteiger partial charge in [0.2, 0.25) is 21.7 Å². The van der Waals surface area contributed by atoms with Crippen molar-refractivity contribution in [1.82, 2.24) is 9.73 Å². The Morgan fingerprint density at radius 2 is 1.52 bits per heavy atom. The van der Waals surface area contributed by atoms with Gasteiger partial charge in [-0.05, 0) is 37.1 Å². The summed E-state index contributed by atoms with van der Waals surface area (Å²) in [5.41, 5.74) is 2.15. The zero-order chi connectivity index (χ0) is 22.9. The molecular formula is C18H15ClF5N3O3S. The normalized spacial score (nSPS) is 17.4. The number of carbonyl (C=O) groups excluding carboxylic acids is 1. The predicted molar refractivity (Wildman–Crippen MR) is 101 cm³/mol. The van der Waals surface area contributed by atoms with E-state index in [-0.39, 0.29) is 24.4 Å². The van der Waals surface area contributed by atoms with E-state index in [0.29, 0.717) is 11.4 Å². The molecule has 0 saturated carbocycles. The maximum absolute atomic E-state index is 13.7. The van der Waals surface area contributed by atoms with Gasteiger partial charge in [-0.25, -0.2) is 30.4 Å². The first kappa shape index (κ1) is 23.2. The summed E-state index contributed by atoms with van der Waals surface area (Å²) in [4.78, 5) is 12.3. The number of hydrazine groups is 1. The third-order valence-electron chi connectivity index (χ3n) is 4.73. The molecule has 1 amide bonds. The molecule has 2 aromatic carbocycles. The van der Waals surface area contributed by atoms with Gasteiger partial charge in [-0.2, -0.15) is 4.31 Å². The van der Waals surface area contributed by atoms with E-state index in [0.717, 1.165) is 4.31 Å². The number of amides is 1. The smallest absolute Gasteiger partial charge is 0.243 e. The van der Waals surface area contributed by atoms with Crippen LogP contribution in [0.1, 0.15) is 12.8 Å². The van der Waals surface area contributed by atoms with Gasteiger partial charge in [0.05, 0.1) is 10.8 Å². The molecular weight excluding hydrogens is 469 g/mol. The van der Waals surface area contributed by atoms with Crippen LogP contribution in [0, 0.1) is 35.0 Å². The molecule has 1 aliphatic heterocycles. The van der Waals surface area contributed by atoms with Crippen molar-refractivity contribution in [3.8, 4) is 0 Å². The van der Waals surface area contributed by atoms with Crippen molar-refractivity contribution in [2.24, 2.45) is 5.92 Å². The van der Waals surface area contributed by atoms with Crippen molar-refractivity contribution in [3.05, 3.63) is 58.4 Å². The highest BCUT2D eigenvalue weighted by Crippen LogP contribution is 2.27. The fourth-order valence-corrected chi connectivity index (χ4v) is 4.72. The highest BCUT2D eigenvalue weighted by molar-refractivity contribution is 7.89. The maximum atomic E-state index is 13.7. The Labute approximate surface area is 179 Å². The molecule has 0 bridgehead atoms. The number of hydrogen-bond acceptors (Lipinski definition) is 4. The quantitative estimate of drug-likeness (QED) is 0.295. The number of benzene rings is 2. The number of anilines is 1. The van der Waals surface area contributed by atoms with Gasteiger partial charge in [0, 0.05) is 18.1 Å². The summed E-state index contributed by atoms with van der Waals surface area (Å²) < 4.78 is 93.6. The van der Waals surface area contributed by atoms with Gasteiger partial charge in [0.15, 0.2) is 23.3 Å². The van der Waals surface area contributed by atoms with Crippen molar-refractivity contribution in [2.75, 3.05) is 18.5 Å². The molecule has 1 saturated heterocycles. The summed E-state index contributed by atoms with van der Waals surface area (Å²) >= 11 is 5.76. The molecule has 1 heterocycles. The lowest BCUT2D eigenvalue weighted by Crippen LogP contribution is -2.46. The SMILES string of the molecule is O=C(NNc1c(F)c(F)c(F)c(F)c1F)[C@@H]1CCCN(S(=O)(=O)c2ccc(Cl)cc2)C1. The Balaban J connectivity index is 1.72. The summed E-state index contributed by atoms with van der Waals surface area (Å²) in [6, 6.07) is 5.42. The molecule has 0 unspecified atom stereocenters. The minimum absolute atomic E-state index is 0.0301. The van der Waals surface area contributed by atoms with Crippen LogP contribution in [-0.4, -0.2) is 31.7 Å². The monoisotopic (exact) mass is 483 g/mol. The van der Waals surface area contributed by atoms with Gasteiger partial charge in [0.1, 0.15) is 5.69 Å². The standard InChI is InChI=1S/C18H15ClF5N3O3S/c19-10-3-5-11(6-4-10)31(29,30)27-7-1-2-9(8-27)18(28)26-25-17-15(23)13(21)12(20)14(22)16(17)24/h3-6,9,25H,1-2,7-8H2,(H,26,28)/t9-/m1/s1. The number of halogens is 6. The Kier molecular flexibility index (Phi) is 6.72. The summed E-state index contributed by atoms with van der Waals surface area (Å²) in [5.74, 6) is -12.8. The van der Waals surface area contributed by atoms with Crippen LogP contribution in [0.15, 0.2) is 29.2 Å². The average molecular weight is 484 g/mol. The molecule has 6 nitrogen and oxygen atoms in total. The van der Waals surface area contributed by atoms with Gasteiger partial charge in [-0.15, -0.1) is 0 Å². The lowest BCUT2D eigenvalue weighted by molar-refractivity contribution is -0.125. The first-order chi connectivity index (χ1) is 14.5. The van der Waals surface area contributed by atoms with Crippen molar-refractivity contribution < 1.29 is 35.2 Å². The van der Waals surface area contributed by atoms with Crippen LogP contribution < -0.4 is 10.9 Å². The van der Waals surface area contributed by atoms with Crippen LogP contribution in [-0.2, 0) is 14.8 Å². The number of rotatable bonds is 5. The molecule has 13 heteroatoms. The highest BCUT2D eigenvalue weighted by Gasteiger charge is 2.34. The lowest BCUT2D eigenvalue weighted by Gasteiger charge is -2.31. The molecule has 1 fully saturated rings. The number of nitrogens with one attached hydrogen (secondary N) is 2. The topological polar surface area (TPSA) is 78.5 Å². The average Bonchev–Trinajstić information content (AvgIpc) is 2.76. The third kappa shape index (κ3) is 4.60. The van der Waals surface area contributed by atoms with Gasteiger partial charge in [-0.3, -0.25) is 15.6 Å². The third-order valence-corrected chi connectivity index (χ3v) is 6.86. The van der Waals surface area contributed by atoms with E-state index in [9.17, 15) is 35.2 Å². The minimum atomic E-state index is -3.93. The summed E-state index contributed by atoms with van der Waals surface area (Å²) in [5, 5.41) is 0.342. The van der Waals surface area contributed by atoms with Crippen LogP contribution in [0.25, 0.3) is 0 Å². The molecule has 0 radical (unpaired) electrons. The van der Waals surface area contributed by atoms with E-state index in [2.05, 4.69) is 0 Å². The van der Waals surface area contributed by atoms with Crippen LogP contribution in [0.3, 0.4) is 0 Å². The van der Waals surface area contributed by atoms with Crippen molar-refractivity contribution in [2.45, 2.75) is 17.7 Å². The van der Waals surface area contributed by atoms with E-state index in [1.54, 1.807) is 5.43 Å². The zero-order valence-corrected chi connectivity index (χ0v) is 17.1. The second-order valence-electron chi connectivity index (χ2n) is 6.72. The molecule has 0 aliphatic carbocycles. The molecule has 1 atom stereocenters. The molecule has 168 valence electrons. The molecule has 1 aliphatic rings. The van der Waals surface area contributed by atoms with Gasteiger partial charge < -0.3 is 0 Å². The van der Waals surface area contributed by atoms with Gasteiger partial charge >= 0.3 is 0 Å². The molecule has 3 rings (SSSR count). The van der Waals surface area contributed by atoms with Crippen LogP contribution in [0.4, 0.5) is 27.6 Å². The van der Waals surface area contributed by atoms with Crippen LogP contribution in [0.2, 0.25) is 5.02 Å². The molecule has 0 aromatic heterocycles. The Morgan fingerprint density at radius 1 is 0.968 bits per heavy atom. The van der Waals surface area contributed by atoms with E-state index in [1.165, 1.54) is 24.3 Å². The Bertz CT molecular complexity index is 1090. The fourth-order valence-electron chi connectivity index (χ4n) is 3.07. The highest BCUT2D eigenvalue weighted by atomic mass is 35.5. The van der Waals surface area contributed by atoms with Gasteiger partial charge in [0.25, 0.3) is 0 Å². The second-order valence-corrected chi connectivity index (χ2v) is 9.09. The number of hydrogen-bond donors (Lipinski definition) is 2. The molecule has 2 N–H and O–H groups in total. The van der Waals surface area contributed by atoms with E-state index in [1.807, 2.05) is 5.43 Å². The van der Waals surface area contributed by atoms with Gasteiger partial charge in [-0.1, -0.05) is 11.6 Å². The number of sulfonamides is 1. The minimum Gasteiger partial charge on any atom is -0.293 e. The van der Waals surface area contributed by atoms with Crippen molar-refractivity contribution in [3.63, 3.8) is 0 Å². The zero-order valence-electron chi connectivity index (χ0n) is 15.6. The first-order valence-corrected chi connectivity index (χ1v) is 10.7. The predicted octanol–water partition coefficient (Wildman–Crippen LogP) is 3.58. The second kappa shape index (κ2) is 8.97. The summed E-state index contributed by atoms with van der Waals surface area (Å²) in [6.45, 7) is -0.102. The first-order valence-electron chi connectivity index (χ1n) is 8.87. The van der Waals surface area contributed by atoms with Crippen LogP contribution >= 0.6 is 11.6 Å². The maximum Gasteiger partial charge on any atom is 0.243 e. The molecule has 0 spiro atoms. The Morgan fingerprint density at radius 3 is 2.10 bits per heavy atom.